The van der Waals surface area contributed by atoms with E-state index in [2.05, 4.69) is 24.1 Å². The second-order valence-electron chi connectivity index (χ2n) is 4.44. The number of unbranched alkanes of at least 4 members (excludes halogenated alkanes) is 1. The van der Waals surface area contributed by atoms with E-state index < -0.39 is 12.0 Å². The fourth-order valence-corrected chi connectivity index (χ4v) is 2.61. The van der Waals surface area contributed by atoms with E-state index in [0.717, 1.165) is 24.3 Å². The van der Waals surface area contributed by atoms with E-state index in [9.17, 15) is 4.79 Å². The minimum Gasteiger partial charge on any atom is -0.480 e. The van der Waals surface area contributed by atoms with Crippen LogP contribution in [-0.2, 0) is 11.2 Å². The minimum absolute atomic E-state index is 0.00624. The molecule has 2 N–H and O–H groups in total. The molecule has 2 unspecified atom stereocenters. The van der Waals surface area contributed by atoms with Crippen LogP contribution in [0.4, 0.5) is 0 Å². The Labute approximate surface area is 112 Å². The zero-order valence-corrected chi connectivity index (χ0v) is 12.1. The molecule has 1 heterocycles. The summed E-state index contributed by atoms with van der Waals surface area (Å²) in [6, 6.07) is -0.484. The highest BCUT2D eigenvalue weighted by Gasteiger charge is 2.20. The first-order valence-electron chi connectivity index (χ1n) is 6.51. The lowest BCUT2D eigenvalue weighted by Crippen LogP contribution is -2.38. The first-order chi connectivity index (χ1) is 8.58. The molecule has 1 aromatic heterocycles. The number of carboxylic acids is 1. The third-order valence-electron chi connectivity index (χ3n) is 2.89. The van der Waals surface area contributed by atoms with Crippen molar-refractivity contribution in [1.82, 2.24) is 10.3 Å². The Hall–Kier alpha value is -0.940. The van der Waals surface area contributed by atoms with E-state index >= 15 is 0 Å². The van der Waals surface area contributed by atoms with Gasteiger partial charge in [-0.1, -0.05) is 26.7 Å². The van der Waals surface area contributed by atoms with Gasteiger partial charge in [0.25, 0.3) is 0 Å². The number of hydrogen-bond acceptors (Lipinski definition) is 4. The number of aryl methyl sites for hydroxylation is 1. The molecule has 0 aromatic carbocycles. The average molecular weight is 270 g/mol. The number of aliphatic carboxylic acids is 1. The molecule has 1 aromatic rings. The number of carboxylic acid groups (broad SMARTS) is 1. The summed E-state index contributed by atoms with van der Waals surface area (Å²) < 4.78 is 0. The zero-order chi connectivity index (χ0) is 13.5. The normalized spacial score (nSPS) is 14.4. The summed E-state index contributed by atoms with van der Waals surface area (Å²) in [6.07, 6.45) is 5.45. The molecule has 0 aliphatic heterocycles. The number of nitrogens with zero attached hydrogens (tertiary/aromatic N) is 1. The molecule has 5 heteroatoms. The predicted octanol–water partition coefficient (Wildman–Crippen LogP) is 3.00. The Balaban J connectivity index is 2.59. The lowest BCUT2D eigenvalue weighted by Gasteiger charge is -2.18. The van der Waals surface area contributed by atoms with Gasteiger partial charge in [0, 0.05) is 11.1 Å². The van der Waals surface area contributed by atoms with Gasteiger partial charge in [0.1, 0.15) is 11.0 Å². The molecule has 0 fully saturated rings. The number of nitrogens with one attached hydrogen (secondary N) is 1. The van der Waals surface area contributed by atoms with Crippen LogP contribution < -0.4 is 5.32 Å². The highest BCUT2D eigenvalue weighted by Crippen LogP contribution is 2.21. The standard InChI is InChI=1S/C13H22N2O2S/c1-4-6-7-11(13(16)17)15-9(3)12-14-8-10(5-2)18-12/h8-9,11,15H,4-7H2,1-3H3,(H,16,17). The molecule has 0 aliphatic carbocycles. The van der Waals surface area contributed by atoms with Crippen LogP contribution in [0.25, 0.3) is 0 Å². The summed E-state index contributed by atoms with van der Waals surface area (Å²) >= 11 is 1.65. The average Bonchev–Trinajstić information content (AvgIpc) is 2.82. The van der Waals surface area contributed by atoms with Gasteiger partial charge in [0.2, 0.25) is 0 Å². The second-order valence-corrected chi connectivity index (χ2v) is 5.59. The van der Waals surface area contributed by atoms with E-state index in [1.54, 1.807) is 11.3 Å². The Morgan fingerprint density at radius 2 is 2.28 bits per heavy atom. The molecule has 0 radical (unpaired) electrons. The third-order valence-corrected chi connectivity index (χ3v) is 4.21. The summed E-state index contributed by atoms with van der Waals surface area (Å²) in [5.41, 5.74) is 0. The Morgan fingerprint density at radius 3 is 2.78 bits per heavy atom. The predicted molar refractivity (Wildman–Crippen MR) is 74.0 cm³/mol. The number of thiazole rings is 1. The van der Waals surface area contributed by atoms with Gasteiger partial charge in [-0.2, -0.15) is 0 Å². The molecule has 18 heavy (non-hydrogen) atoms. The summed E-state index contributed by atoms with van der Waals surface area (Å²) in [5, 5.41) is 13.3. The quantitative estimate of drug-likeness (QED) is 0.762. The Kier molecular flexibility index (Phi) is 6.29. The topological polar surface area (TPSA) is 62.2 Å². The molecule has 0 spiro atoms. The number of aromatic nitrogens is 1. The molecular formula is C13H22N2O2S. The summed E-state index contributed by atoms with van der Waals surface area (Å²) in [5.74, 6) is -0.775. The third kappa shape index (κ3) is 4.38. The fourth-order valence-electron chi connectivity index (χ4n) is 1.75. The minimum atomic E-state index is -0.775. The largest absolute Gasteiger partial charge is 0.480 e. The van der Waals surface area contributed by atoms with Crippen LogP contribution >= 0.6 is 11.3 Å². The van der Waals surface area contributed by atoms with E-state index in [4.69, 9.17) is 5.11 Å². The van der Waals surface area contributed by atoms with Crippen molar-refractivity contribution in [2.75, 3.05) is 0 Å². The van der Waals surface area contributed by atoms with Gasteiger partial charge in [0.15, 0.2) is 0 Å². The van der Waals surface area contributed by atoms with Crippen LogP contribution in [0.2, 0.25) is 0 Å². The van der Waals surface area contributed by atoms with E-state index in [0.29, 0.717) is 6.42 Å². The van der Waals surface area contributed by atoms with Crippen molar-refractivity contribution >= 4 is 17.3 Å². The van der Waals surface area contributed by atoms with Crippen LogP contribution in [0, 0.1) is 0 Å². The molecule has 2 atom stereocenters. The molecule has 0 aliphatic rings. The zero-order valence-electron chi connectivity index (χ0n) is 11.3. The van der Waals surface area contributed by atoms with Crippen LogP contribution in [0.15, 0.2) is 6.20 Å². The Morgan fingerprint density at radius 1 is 1.56 bits per heavy atom. The molecular weight excluding hydrogens is 248 g/mol. The van der Waals surface area contributed by atoms with Crippen molar-refractivity contribution in [1.29, 1.82) is 0 Å². The molecule has 1 rings (SSSR count). The molecule has 0 saturated carbocycles. The van der Waals surface area contributed by atoms with Gasteiger partial charge in [-0.05, 0) is 19.8 Å². The summed E-state index contributed by atoms with van der Waals surface area (Å²) in [7, 11) is 0. The van der Waals surface area contributed by atoms with Crippen LogP contribution in [-0.4, -0.2) is 22.1 Å². The van der Waals surface area contributed by atoms with Gasteiger partial charge >= 0.3 is 5.97 Å². The van der Waals surface area contributed by atoms with Gasteiger partial charge in [-0.3, -0.25) is 10.1 Å². The molecule has 0 bridgehead atoms. The van der Waals surface area contributed by atoms with Crippen molar-refractivity contribution in [3.63, 3.8) is 0 Å². The maximum absolute atomic E-state index is 11.2. The molecule has 4 nitrogen and oxygen atoms in total. The van der Waals surface area contributed by atoms with Crippen molar-refractivity contribution < 1.29 is 9.90 Å². The highest BCUT2D eigenvalue weighted by molar-refractivity contribution is 7.11. The fraction of sp³-hybridized carbons (Fsp3) is 0.692. The number of carbonyl (C=O) groups is 1. The Bertz CT molecular complexity index is 379. The lowest BCUT2D eigenvalue weighted by atomic mass is 10.1. The summed E-state index contributed by atoms with van der Waals surface area (Å²) in [6.45, 7) is 6.13. The molecule has 0 saturated heterocycles. The molecule has 102 valence electrons. The van der Waals surface area contributed by atoms with E-state index in [-0.39, 0.29) is 6.04 Å². The smallest absolute Gasteiger partial charge is 0.320 e. The number of hydrogen-bond donors (Lipinski definition) is 2. The van der Waals surface area contributed by atoms with Crippen molar-refractivity contribution in [2.45, 2.75) is 58.5 Å². The van der Waals surface area contributed by atoms with Crippen LogP contribution in [0.5, 0.6) is 0 Å². The first kappa shape index (κ1) is 15.1. The van der Waals surface area contributed by atoms with Gasteiger partial charge in [0.05, 0.1) is 6.04 Å². The van der Waals surface area contributed by atoms with Crippen molar-refractivity contribution in [3.05, 3.63) is 16.1 Å². The second kappa shape index (κ2) is 7.48. The van der Waals surface area contributed by atoms with E-state index in [1.807, 2.05) is 13.1 Å². The van der Waals surface area contributed by atoms with Crippen molar-refractivity contribution in [3.8, 4) is 0 Å². The summed E-state index contributed by atoms with van der Waals surface area (Å²) in [4.78, 5) is 16.7. The lowest BCUT2D eigenvalue weighted by molar-refractivity contribution is -0.139. The maximum Gasteiger partial charge on any atom is 0.320 e. The number of rotatable bonds is 8. The SMILES string of the molecule is CCCCC(NC(C)c1ncc(CC)s1)C(=O)O. The maximum atomic E-state index is 11.2. The highest BCUT2D eigenvalue weighted by atomic mass is 32.1. The van der Waals surface area contributed by atoms with Crippen LogP contribution in [0.1, 0.15) is 56.0 Å². The van der Waals surface area contributed by atoms with Gasteiger partial charge in [-0.15, -0.1) is 11.3 Å². The van der Waals surface area contributed by atoms with Crippen molar-refractivity contribution in [2.24, 2.45) is 0 Å². The van der Waals surface area contributed by atoms with Gasteiger partial charge < -0.3 is 5.11 Å². The van der Waals surface area contributed by atoms with Crippen LogP contribution in [0.3, 0.4) is 0 Å². The monoisotopic (exact) mass is 270 g/mol. The first-order valence-corrected chi connectivity index (χ1v) is 7.33. The van der Waals surface area contributed by atoms with Gasteiger partial charge in [-0.25, -0.2) is 4.98 Å². The van der Waals surface area contributed by atoms with E-state index in [1.165, 1.54) is 4.88 Å². The molecule has 0 amide bonds.